The molecule has 1 aromatic heterocycles. The lowest BCUT2D eigenvalue weighted by Crippen LogP contribution is -1.85. The van der Waals surface area contributed by atoms with Gasteiger partial charge in [0.05, 0.1) is 12.4 Å². The van der Waals surface area contributed by atoms with Crippen LogP contribution < -0.4 is 0 Å². The van der Waals surface area contributed by atoms with Gasteiger partial charge < -0.3 is 0 Å². The Kier molecular flexibility index (Phi) is 1.20. The maximum atomic E-state index is 4.06. The molecule has 11 heavy (non-hydrogen) atoms. The van der Waals surface area contributed by atoms with Crippen molar-refractivity contribution >= 4 is 24.2 Å². The van der Waals surface area contributed by atoms with Gasteiger partial charge in [0.15, 0.2) is 5.82 Å². The van der Waals surface area contributed by atoms with Crippen molar-refractivity contribution in [2.75, 3.05) is 0 Å². The summed E-state index contributed by atoms with van der Waals surface area (Å²) in [6.07, 6.45) is 4.87. The third kappa shape index (κ3) is 0.893. The van der Waals surface area contributed by atoms with Gasteiger partial charge in [0.1, 0.15) is 6.34 Å². The van der Waals surface area contributed by atoms with Gasteiger partial charge in [0.2, 0.25) is 0 Å². The van der Waals surface area contributed by atoms with E-state index in [9.17, 15) is 0 Å². The van der Waals surface area contributed by atoms with Gasteiger partial charge in [-0.1, -0.05) is 0 Å². The Hall–Kier alpha value is -1.67. The first-order valence-electron chi connectivity index (χ1n) is 3.23. The highest BCUT2D eigenvalue weighted by Gasteiger charge is 2.02. The number of rotatable bonds is 0. The molecule has 0 spiro atoms. The molecule has 4 heteroatoms. The molecule has 2 rings (SSSR count). The molecule has 2 heterocycles. The van der Waals surface area contributed by atoms with Crippen molar-refractivity contribution in [2.24, 2.45) is 9.98 Å². The number of hydrogen-bond acceptors (Lipinski definition) is 3. The average molecular weight is 146 g/mol. The molecular formula is C7H6N4. The highest BCUT2D eigenvalue weighted by atomic mass is 15.3. The number of aryl methyl sites for hydroxylation is 1. The van der Waals surface area contributed by atoms with Crippen LogP contribution >= 0.6 is 0 Å². The molecule has 1 aliphatic rings. The molecule has 54 valence electrons. The van der Waals surface area contributed by atoms with Gasteiger partial charge in [-0.05, 0) is 6.92 Å². The highest BCUT2D eigenvalue weighted by molar-refractivity contribution is 5.81. The van der Waals surface area contributed by atoms with Crippen molar-refractivity contribution in [3.63, 3.8) is 0 Å². The smallest absolute Gasteiger partial charge is 0.160 e. The van der Waals surface area contributed by atoms with E-state index in [1.165, 1.54) is 6.34 Å². The first-order valence-corrected chi connectivity index (χ1v) is 3.23. The summed E-state index contributed by atoms with van der Waals surface area (Å²) in [5.74, 6) is 3.49. The Morgan fingerprint density at radius 2 is 2.45 bits per heavy atom. The fourth-order valence-corrected chi connectivity index (χ4v) is 0.902. The SMILES string of the molecule is Cc1cnn2c1N=CN=C=C2. The molecule has 0 N–H and O–H groups in total. The molecule has 0 amide bonds. The second-order valence-corrected chi connectivity index (χ2v) is 2.23. The van der Waals surface area contributed by atoms with E-state index in [1.807, 2.05) is 6.92 Å². The first-order chi connectivity index (χ1) is 5.38. The quantitative estimate of drug-likeness (QED) is 0.538. The molecule has 1 aliphatic heterocycles. The van der Waals surface area contributed by atoms with Gasteiger partial charge in [-0.3, -0.25) is 0 Å². The van der Waals surface area contributed by atoms with Crippen LogP contribution in [0.2, 0.25) is 0 Å². The predicted molar refractivity (Wildman–Crippen MR) is 43.3 cm³/mol. The Balaban J connectivity index is 2.69. The molecule has 0 aliphatic carbocycles. The molecule has 4 nitrogen and oxygen atoms in total. The zero-order valence-electron chi connectivity index (χ0n) is 6.02. The van der Waals surface area contributed by atoms with Crippen molar-refractivity contribution in [3.05, 3.63) is 11.8 Å². The normalized spacial score (nSPS) is 13.2. The van der Waals surface area contributed by atoms with Gasteiger partial charge in [-0.25, -0.2) is 9.67 Å². The Morgan fingerprint density at radius 3 is 3.36 bits per heavy atom. The van der Waals surface area contributed by atoms with Crippen LogP contribution in [0.5, 0.6) is 0 Å². The topological polar surface area (TPSA) is 42.5 Å². The molecule has 0 fully saturated rings. The van der Waals surface area contributed by atoms with Crippen LogP contribution in [-0.2, 0) is 0 Å². The zero-order chi connectivity index (χ0) is 7.68. The third-order valence-electron chi connectivity index (χ3n) is 1.44. The Bertz CT molecular complexity index is 366. The van der Waals surface area contributed by atoms with E-state index in [1.54, 1.807) is 17.1 Å². The summed E-state index contributed by atoms with van der Waals surface area (Å²) in [6.45, 7) is 1.95. The number of aliphatic imine (C=N–C) groups is 2. The monoisotopic (exact) mass is 146 g/mol. The van der Waals surface area contributed by atoms with Crippen molar-refractivity contribution < 1.29 is 0 Å². The predicted octanol–water partition coefficient (Wildman–Crippen LogP) is 1.01. The number of fused-ring (bicyclic) bond motifs is 1. The lowest BCUT2D eigenvalue weighted by molar-refractivity contribution is 0.939. The van der Waals surface area contributed by atoms with Crippen molar-refractivity contribution in [1.29, 1.82) is 0 Å². The van der Waals surface area contributed by atoms with Crippen LogP contribution in [0.25, 0.3) is 6.20 Å². The van der Waals surface area contributed by atoms with Gasteiger partial charge in [0.25, 0.3) is 0 Å². The minimum Gasteiger partial charge on any atom is -0.216 e. The highest BCUT2D eigenvalue weighted by Crippen LogP contribution is 2.17. The Morgan fingerprint density at radius 1 is 1.55 bits per heavy atom. The molecule has 0 unspecified atom stereocenters. The molecule has 0 saturated carbocycles. The standard InChI is InChI=1S/C7H6N4/c1-6-4-10-11-3-2-8-5-9-7(6)11/h3-5H,1H3. The molecule has 1 aromatic rings. The number of aromatic nitrogens is 2. The average Bonchev–Trinajstić information content (AvgIpc) is 2.25. The summed E-state index contributed by atoms with van der Waals surface area (Å²) in [7, 11) is 0. The zero-order valence-corrected chi connectivity index (χ0v) is 6.02. The lowest BCUT2D eigenvalue weighted by Gasteiger charge is -1.91. The van der Waals surface area contributed by atoms with Gasteiger partial charge in [0, 0.05) is 11.4 Å². The molecule has 0 saturated heterocycles. The van der Waals surface area contributed by atoms with Gasteiger partial charge in [-0.15, -0.1) is 0 Å². The van der Waals surface area contributed by atoms with Crippen LogP contribution in [0.4, 0.5) is 5.82 Å². The lowest BCUT2D eigenvalue weighted by atomic mass is 10.4. The van der Waals surface area contributed by atoms with Crippen LogP contribution in [0.3, 0.4) is 0 Å². The molecule has 0 radical (unpaired) electrons. The summed E-state index contributed by atoms with van der Waals surface area (Å²) in [4.78, 5) is 7.80. The minimum atomic E-state index is 0.818. The van der Waals surface area contributed by atoms with Crippen LogP contribution in [0.1, 0.15) is 5.56 Å². The summed E-state index contributed by atoms with van der Waals surface area (Å²) in [6, 6.07) is 0. The summed E-state index contributed by atoms with van der Waals surface area (Å²) in [5.41, 5.74) is 1.04. The summed E-state index contributed by atoms with van der Waals surface area (Å²) < 4.78 is 1.64. The minimum absolute atomic E-state index is 0.818. The van der Waals surface area contributed by atoms with E-state index < -0.39 is 0 Å². The second-order valence-electron chi connectivity index (χ2n) is 2.23. The summed E-state index contributed by atoms with van der Waals surface area (Å²) in [5, 5.41) is 4.04. The van der Waals surface area contributed by atoms with E-state index in [-0.39, 0.29) is 0 Å². The maximum absolute atomic E-state index is 4.06. The third-order valence-corrected chi connectivity index (χ3v) is 1.44. The van der Waals surface area contributed by atoms with Gasteiger partial charge in [-0.2, -0.15) is 10.1 Å². The van der Waals surface area contributed by atoms with E-state index in [4.69, 9.17) is 0 Å². The number of nitrogens with zero attached hydrogens (tertiary/aromatic N) is 4. The molecule has 0 bridgehead atoms. The summed E-state index contributed by atoms with van der Waals surface area (Å²) >= 11 is 0. The van der Waals surface area contributed by atoms with Gasteiger partial charge >= 0.3 is 0 Å². The molecule has 0 aromatic carbocycles. The Labute approximate surface area is 63.6 Å². The van der Waals surface area contributed by atoms with Crippen LogP contribution in [0.15, 0.2) is 16.2 Å². The fraction of sp³-hybridized carbons (Fsp3) is 0.143. The second kappa shape index (κ2) is 2.18. The molecule has 0 atom stereocenters. The van der Waals surface area contributed by atoms with E-state index in [0.717, 1.165) is 11.4 Å². The van der Waals surface area contributed by atoms with Crippen molar-refractivity contribution in [3.8, 4) is 0 Å². The molecular weight excluding hydrogens is 140 g/mol. The van der Waals surface area contributed by atoms with Crippen molar-refractivity contribution in [2.45, 2.75) is 6.92 Å². The van der Waals surface area contributed by atoms with Crippen LogP contribution in [-0.4, -0.2) is 22.0 Å². The number of hydrogen-bond donors (Lipinski definition) is 0. The van der Waals surface area contributed by atoms with E-state index in [0.29, 0.717) is 0 Å². The van der Waals surface area contributed by atoms with E-state index in [2.05, 4.69) is 21.0 Å². The fourth-order valence-electron chi connectivity index (χ4n) is 0.902. The first kappa shape index (κ1) is 6.07. The maximum Gasteiger partial charge on any atom is 0.160 e. The van der Waals surface area contributed by atoms with E-state index >= 15 is 0 Å². The van der Waals surface area contributed by atoms with Crippen molar-refractivity contribution in [1.82, 2.24) is 9.78 Å². The largest absolute Gasteiger partial charge is 0.216 e. The van der Waals surface area contributed by atoms with Crippen LogP contribution in [0, 0.1) is 6.92 Å².